The number of hydrogen-bond acceptors (Lipinski definition) is 6. The van der Waals surface area contributed by atoms with Crippen LogP contribution in [0.15, 0.2) is 18.3 Å². The molecule has 0 saturated heterocycles. The first-order chi connectivity index (χ1) is 10.7. The highest BCUT2D eigenvalue weighted by atomic mass is 16.6. The Labute approximate surface area is 135 Å². The Morgan fingerprint density at radius 1 is 1.22 bits per heavy atom. The number of rotatable bonds is 9. The van der Waals surface area contributed by atoms with Crippen LogP contribution in [0.25, 0.3) is 0 Å². The second-order valence-corrected chi connectivity index (χ2v) is 6.09. The van der Waals surface area contributed by atoms with Crippen molar-refractivity contribution < 1.29 is 14.5 Å². The molecule has 1 aromatic rings. The molecule has 0 radical (unpaired) electrons. The van der Waals surface area contributed by atoms with Gasteiger partial charge in [0.25, 0.3) is 5.69 Å². The first-order valence-electron chi connectivity index (χ1n) is 7.57. The molecular weight excluding hydrogens is 298 g/mol. The van der Waals surface area contributed by atoms with E-state index in [1.165, 1.54) is 32.2 Å². The monoisotopic (exact) mass is 321 g/mol. The first kappa shape index (κ1) is 18.9. The molecule has 0 amide bonds. The lowest BCUT2D eigenvalue weighted by Crippen LogP contribution is -2.47. The second kappa shape index (κ2) is 8.47. The minimum atomic E-state index is -0.545. The highest BCUT2D eigenvalue weighted by molar-refractivity contribution is 5.85. The third-order valence-electron chi connectivity index (χ3n) is 3.52. The molecule has 1 rings (SSSR count). The van der Waals surface area contributed by atoms with E-state index in [0.29, 0.717) is 18.0 Å². The van der Waals surface area contributed by atoms with Crippen molar-refractivity contribution in [1.29, 1.82) is 0 Å². The zero-order chi connectivity index (χ0) is 17.6. The largest absolute Gasteiger partial charge is 0.298 e. The average Bonchev–Trinajstić information content (AvgIpc) is 2.45. The molecule has 0 aliphatic rings. The van der Waals surface area contributed by atoms with Gasteiger partial charge in [0.1, 0.15) is 17.8 Å². The van der Waals surface area contributed by atoms with E-state index in [2.05, 4.69) is 10.3 Å². The fourth-order valence-corrected chi connectivity index (χ4v) is 2.24. The van der Waals surface area contributed by atoms with Gasteiger partial charge >= 0.3 is 0 Å². The summed E-state index contributed by atoms with van der Waals surface area (Å²) in [6.07, 6.45) is 2.10. The summed E-state index contributed by atoms with van der Waals surface area (Å²) in [4.78, 5) is 37.7. The van der Waals surface area contributed by atoms with Crippen LogP contribution in [0.2, 0.25) is 0 Å². The molecule has 7 nitrogen and oxygen atoms in total. The second-order valence-electron chi connectivity index (χ2n) is 6.09. The van der Waals surface area contributed by atoms with Gasteiger partial charge < -0.3 is 0 Å². The third kappa shape index (κ3) is 6.23. The van der Waals surface area contributed by atoms with Gasteiger partial charge in [-0.25, -0.2) is 0 Å². The van der Waals surface area contributed by atoms with Crippen LogP contribution in [0.1, 0.15) is 39.8 Å². The average molecular weight is 321 g/mol. The van der Waals surface area contributed by atoms with Crippen LogP contribution in [0.5, 0.6) is 0 Å². The smallest absolute Gasteiger partial charge is 0.287 e. The summed E-state index contributed by atoms with van der Waals surface area (Å²) in [7, 11) is 0. The lowest BCUT2D eigenvalue weighted by Gasteiger charge is -2.23. The van der Waals surface area contributed by atoms with Gasteiger partial charge in [-0.1, -0.05) is 13.8 Å². The van der Waals surface area contributed by atoms with Gasteiger partial charge in [-0.05, 0) is 32.3 Å². The quantitative estimate of drug-likeness (QED) is 0.552. The number of hydrogen-bond donors (Lipinski definition) is 1. The van der Waals surface area contributed by atoms with Crippen LogP contribution in [0.4, 0.5) is 5.69 Å². The molecule has 0 aromatic carbocycles. The van der Waals surface area contributed by atoms with Crippen LogP contribution in [0, 0.1) is 16.0 Å². The fourth-order valence-electron chi connectivity index (χ4n) is 2.24. The zero-order valence-electron chi connectivity index (χ0n) is 13.9. The molecule has 0 saturated carbocycles. The first-order valence-corrected chi connectivity index (χ1v) is 7.57. The lowest BCUT2D eigenvalue weighted by atomic mass is 9.98. The summed E-state index contributed by atoms with van der Waals surface area (Å²) < 4.78 is 0. The van der Waals surface area contributed by atoms with Gasteiger partial charge in [-0.15, -0.1) is 0 Å². The van der Waals surface area contributed by atoms with Crippen molar-refractivity contribution in [2.24, 2.45) is 5.92 Å². The van der Waals surface area contributed by atoms with Crippen molar-refractivity contribution in [2.75, 3.05) is 0 Å². The number of pyridine rings is 1. The van der Waals surface area contributed by atoms with Gasteiger partial charge in [0, 0.05) is 18.2 Å². The summed E-state index contributed by atoms with van der Waals surface area (Å²) in [6.45, 7) is 6.98. The number of carbonyl (C=O) groups excluding carboxylic acids is 2. The fraction of sp³-hybridized carbons (Fsp3) is 0.562. The van der Waals surface area contributed by atoms with Gasteiger partial charge in [0.05, 0.1) is 17.0 Å². The predicted molar refractivity (Wildman–Crippen MR) is 86.1 cm³/mol. The van der Waals surface area contributed by atoms with Gasteiger partial charge in [0.2, 0.25) is 0 Å². The Morgan fingerprint density at radius 2 is 1.83 bits per heavy atom. The minimum absolute atomic E-state index is 0.0124. The molecule has 2 unspecified atom stereocenters. The van der Waals surface area contributed by atoms with Crippen molar-refractivity contribution in [1.82, 2.24) is 10.3 Å². The molecule has 1 N–H and O–H groups in total. The SMILES string of the molecule is CC(=O)C(Cc1ccc([N+](=O)[O-])cn1)NC(CC(C)C)C(C)=O. The normalized spacial score (nSPS) is 13.6. The molecule has 0 fully saturated rings. The van der Waals surface area contributed by atoms with E-state index >= 15 is 0 Å². The van der Waals surface area contributed by atoms with Crippen molar-refractivity contribution in [3.05, 3.63) is 34.1 Å². The molecule has 1 aromatic heterocycles. The topological polar surface area (TPSA) is 102 Å². The third-order valence-corrected chi connectivity index (χ3v) is 3.52. The molecule has 0 aliphatic heterocycles. The van der Waals surface area contributed by atoms with Crippen molar-refractivity contribution in [3.63, 3.8) is 0 Å². The maximum Gasteiger partial charge on any atom is 0.287 e. The number of nitro groups is 1. The summed E-state index contributed by atoms with van der Waals surface area (Å²) in [6, 6.07) is 1.95. The van der Waals surface area contributed by atoms with Crippen LogP contribution in [0.3, 0.4) is 0 Å². The number of carbonyl (C=O) groups is 2. The summed E-state index contributed by atoms with van der Waals surface area (Å²) in [5.41, 5.74) is 0.470. The van der Waals surface area contributed by atoms with Crippen LogP contribution in [-0.2, 0) is 16.0 Å². The molecule has 0 bridgehead atoms. The Hall–Kier alpha value is -2.15. The molecule has 1 heterocycles. The van der Waals surface area contributed by atoms with Crippen LogP contribution in [-0.4, -0.2) is 33.6 Å². The van der Waals surface area contributed by atoms with Crippen LogP contribution >= 0.6 is 0 Å². The standard InChI is InChI=1S/C16H23N3O4/c1-10(2)7-15(11(3)20)18-16(12(4)21)8-13-5-6-14(9-17-13)19(22)23/h5-6,9-10,15-16,18H,7-8H2,1-4H3. The number of nitrogens with zero attached hydrogens (tertiary/aromatic N) is 2. The van der Waals surface area contributed by atoms with E-state index in [9.17, 15) is 19.7 Å². The van der Waals surface area contributed by atoms with Crippen molar-refractivity contribution in [3.8, 4) is 0 Å². The highest BCUT2D eigenvalue weighted by Gasteiger charge is 2.23. The molecule has 0 aliphatic carbocycles. The number of Topliss-reactive ketones (excluding diaryl/α,β-unsaturated/α-hetero) is 2. The number of ketones is 2. The van der Waals surface area contributed by atoms with Crippen molar-refractivity contribution >= 4 is 17.3 Å². The zero-order valence-corrected chi connectivity index (χ0v) is 13.9. The Bertz CT molecular complexity index is 569. The molecule has 23 heavy (non-hydrogen) atoms. The van der Waals surface area contributed by atoms with Crippen LogP contribution < -0.4 is 5.32 Å². The van der Waals surface area contributed by atoms with E-state index in [-0.39, 0.29) is 29.7 Å². The van der Waals surface area contributed by atoms with E-state index < -0.39 is 11.0 Å². The number of aromatic nitrogens is 1. The number of nitrogens with one attached hydrogen (secondary N) is 1. The summed E-state index contributed by atoms with van der Waals surface area (Å²) in [5.74, 6) is 0.211. The predicted octanol–water partition coefficient (Wildman–Crippen LogP) is 2.08. The van der Waals surface area contributed by atoms with E-state index in [0.717, 1.165) is 0 Å². The molecule has 0 spiro atoms. The maximum atomic E-state index is 11.9. The van der Waals surface area contributed by atoms with E-state index in [4.69, 9.17) is 0 Å². The van der Waals surface area contributed by atoms with Gasteiger partial charge in [-0.2, -0.15) is 0 Å². The minimum Gasteiger partial charge on any atom is -0.298 e. The highest BCUT2D eigenvalue weighted by Crippen LogP contribution is 2.12. The van der Waals surface area contributed by atoms with Gasteiger partial charge in [0.15, 0.2) is 0 Å². The lowest BCUT2D eigenvalue weighted by molar-refractivity contribution is -0.385. The molecular formula is C16H23N3O4. The van der Waals surface area contributed by atoms with Gasteiger partial charge in [-0.3, -0.25) is 30.0 Å². The van der Waals surface area contributed by atoms with E-state index in [1.807, 2.05) is 13.8 Å². The Morgan fingerprint density at radius 3 is 2.22 bits per heavy atom. The Balaban J connectivity index is 2.83. The van der Waals surface area contributed by atoms with E-state index in [1.54, 1.807) is 0 Å². The molecule has 7 heteroatoms. The summed E-state index contributed by atoms with van der Waals surface area (Å²) >= 11 is 0. The van der Waals surface area contributed by atoms with Crippen molar-refractivity contribution in [2.45, 2.75) is 52.6 Å². The maximum absolute atomic E-state index is 11.9. The Kier molecular flexibility index (Phi) is 6.96. The summed E-state index contributed by atoms with van der Waals surface area (Å²) in [5, 5.41) is 13.7. The molecule has 2 atom stereocenters. The molecule has 126 valence electrons.